The Balaban J connectivity index is 1.44. The topological polar surface area (TPSA) is 110 Å². The highest BCUT2D eigenvalue weighted by molar-refractivity contribution is 5.75. The molecular weight excluding hydrogens is 472 g/mol. The van der Waals surface area contributed by atoms with E-state index in [1.54, 1.807) is 35.1 Å². The third-order valence-electron chi connectivity index (χ3n) is 6.80. The molecule has 4 N–H and O–H groups in total. The van der Waals surface area contributed by atoms with Gasteiger partial charge in [-0.1, -0.05) is 0 Å². The third kappa shape index (κ3) is 4.75. The van der Waals surface area contributed by atoms with Gasteiger partial charge in [0.1, 0.15) is 11.4 Å². The van der Waals surface area contributed by atoms with Crippen LogP contribution < -0.4 is 20.3 Å². The molecule has 2 aliphatic heterocycles. The van der Waals surface area contributed by atoms with Crippen molar-refractivity contribution in [1.29, 1.82) is 0 Å². The Morgan fingerprint density at radius 3 is 2.67 bits per heavy atom. The Morgan fingerprint density at radius 2 is 1.97 bits per heavy atom. The van der Waals surface area contributed by atoms with Crippen LogP contribution in [0.3, 0.4) is 0 Å². The fraction of sp³-hybridized carbons (Fsp3) is 0.500. The monoisotopic (exact) mass is 503 g/mol. The summed E-state index contributed by atoms with van der Waals surface area (Å²) in [7, 11) is 1.79. The van der Waals surface area contributed by atoms with Crippen molar-refractivity contribution in [2.45, 2.75) is 31.6 Å². The summed E-state index contributed by atoms with van der Waals surface area (Å²) in [4.78, 5) is 8.27. The lowest BCUT2D eigenvalue weighted by molar-refractivity contribution is 0.0447. The lowest BCUT2D eigenvalue weighted by Gasteiger charge is -2.37. The number of hydrogen-bond donors (Lipinski definition) is 4. The maximum Gasteiger partial charge on any atom is 0.251 e. The van der Waals surface area contributed by atoms with Crippen molar-refractivity contribution in [3.05, 3.63) is 41.9 Å². The van der Waals surface area contributed by atoms with E-state index in [9.17, 15) is 19.0 Å². The van der Waals surface area contributed by atoms with E-state index < -0.39 is 18.3 Å². The number of aliphatic hydroxyl groups is 2. The van der Waals surface area contributed by atoms with Crippen molar-refractivity contribution in [3.8, 4) is 5.75 Å². The number of benzene rings is 1. The molecule has 1 saturated heterocycles. The zero-order valence-corrected chi connectivity index (χ0v) is 20.3. The van der Waals surface area contributed by atoms with Crippen molar-refractivity contribution in [2.75, 3.05) is 61.9 Å². The van der Waals surface area contributed by atoms with E-state index in [0.29, 0.717) is 55.2 Å². The van der Waals surface area contributed by atoms with Crippen molar-refractivity contribution < 1.29 is 23.7 Å². The Hall–Kier alpha value is -3.22. The van der Waals surface area contributed by atoms with Crippen molar-refractivity contribution in [2.24, 2.45) is 0 Å². The Bertz CT molecular complexity index is 1230. The predicted molar refractivity (Wildman–Crippen MR) is 132 cm³/mol. The molecule has 0 amide bonds. The molecule has 36 heavy (non-hydrogen) atoms. The highest BCUT2D eigenvalue weighted by atomic mass is 19.3. The van der Waals surface area contributed by atoms with E-state index in [0.717, 1.165) is 16.9 Å². The number of ether oxygens (including phenoxy) is 1. The Morgan fingerprint density at radius 1 is 1.19 bits per heavy atom. The first-order valence-electron chi connectivity index (χ1n) is 12.0. The summed E-state index contributed by atoms with van der Waals surface area (Å²) in [6.45, 7) is 3.60. The fourth-order valence-electron chi connectivity index (χ4n) is 4.82. The minimum atomic E-state index is -2.36. The zero-order chi connectivity index (χ0) is 25.4. The second-order valence-electron chi connectivity index (χ2n) is 9.55. The summed E-state index contributed by atoms with van der Waals surface area (Å²) in [6.07, 6.45) is 2.08. The molecule has 0 radical (unpaired) electrons. The number of alkyl halides is 2. The van der Waals surface area contributed by atoms with Crippen molar-refractivity contribution >= 4 is 22.7 Å². The molecule has 5 rings (SSSR count). The number of nitrogens with one attached hydrogen (secondary N) is 2. The van der Waals surface area contributed by atoms with E-state index >= 15 is 0 Å². The minimum absolute atomic E-state index is 0.128. The molecule has 2 aliphatic rings. The van der Waals surface area contributed by atoms with Crippen LogP contribution in [-0.2, 0) is 6.42 Å². The summed E-state index contributed by atoms with van der Waals surface area (Å²) < 4.78 is 33.3. The molecule has 0 saturated carbocycles. The standard InChI is InChI=1S/C24H31F2N7O3/c1-24(14-34)9-15-7-18(30-23(35)17-11-29-33-12-16(27-2)10-28-22(17)33)19(8-20(15)36-24)32-5-3-31(4-6-32)13-21(25)26/h7-8,10-12,21,23,27,30,34-35H,3-6,9,13-14H2,1-2H3/t23?,24-/m0/s1. The van der Waals surface area contributed by atoms with Gasteiger partial charge in [-0.05, 0) is 13.0 Å². The summed E-state index contributed by atoms with van der Waals surface area (Å²) in [6, 6.07) is 3.83. The number of aromatic nitrogens is 3. The van der Waals surface area contributed by atoms with Crippen LogP contribution in [0.25, 0.3) is 5.65 Å². The van der Waals surface area contributed by atoms with Crippen LogP contribution in [0.2, 0.25) is 0 Å². The number of hydrogen-bond acceptors (Lipinski definition) is 9. The SMILES string of the molecule is CNc1cnc2c(C(O)Nc3cc4c(cc3N3CCN(CC(F)F)CC3)O[C@](C)(CO)C4)cnn2c1. The molecule has 194 valence electrons. The van der Waals surface area contributed by atoms with E-state index in [1.165, 1.54) is 0 Å². The molecule has 4 heterocycles. The van der Waals surface area contributed by atoms with Crippen LogP contribution in [0.4, 0.5) is 25.8 Å². The Labute approximate surface area is 207 Å². The minimum Gasteiger partial charge on any atom is -0.484 e. The largest absolute Gasteiger partial charge is 0.484 e. The van der Waals surface area contributed by atoms with Gasteiger partial charge in [-0.15, -0.1) is 0 Å². The summed E-state index contributed by atoms with van der Waals surface area (Å²) in [5, 5.41) is 31.5. The molecule has 3 aromatic rings. The van der Waals surface area contributed by atoms with Gasteiger partial charge in [0.05, 0.1) is 54.4 Å². The molecule has 1 aromatic carbocycles. The molecule has 10 nitrogen and oxygen atoms in total. The van der Waals surface area contributed by atoms with E-state index in [-0.39, 0.29) is 13.2 Å². The van der Waals surface area contributed by atoms with Crippen molar-refractivity contribution in [1.82, 2.24) is 19.5 Å². The number of nitrogens with zero attached hydrogens (tertiary/aromatic N) is 5. The van der Waals surface area contributed by atoms with Gasteiger partial charge in [0.25, 0.3) is 6.43 Å². The smallest absolute Gasteiger partial charge is 0.251 e. The Kier molecular flexibility index (Phi) is 6.58. The van der Waals surface area contributed by atoms with Gasteiger partial charge in [-0.2, -0.15) is 5.10 Å². The quantitative estimate of drug-likeness (QED) is 0.343. The van der Waals surface area contributed by atoms with Crippen LogP contribution in [-0.4, -0.2) is 88.1 Å². The molecule has 0 spiro atoms. The maximum absolute atomic E-state index is 12.8. The zero-order valence-electron chi connectivity index (χ0n) is 20.3. The molecule has 2 atom stereocenters. The first kappa shape index (κ1) is 24.5. The van der Waals surface area contributed by atoms with Crippen molar-refractivity contribution in [3.63, 3.8) is 0 Å². The molecule has 2 aromatic heterocycles. The maximum atomic E-state index is 12.8. The van der Waals surface area contributed by atoms with Gasteiger partial charge in [0.2, 0.25) is 0 Å². The van der Waals surface area contributed by atoms with Crippen LogP contribution >= 0.6 is 0 Å². The third-order valence-corrected chi connectivity index (χ3v) is 6.80. The highest BCUT2D eigenvalue weighted by Crippen LogP contribution is 2.42. The number of fused-ring (bicyclic) bond motifs is 2. The van der Waals surface area contributed by atoms with E-state index in [4.69, 9.17) is 4.74 Å². The molecule has 0 bridgehead atoms. The number of aliphatic hydroxyl groups excluding tert-OH is 2. The summed E-state index contributed by atoms with van der Waals surface area (Å²) in [5.74, 6) is 0.675. The van der Waals surface area contributed by atoms with Gasteiger partial charge < -0.3 is 30.5 Å². The van der Waals surface area contributed by atoms with Gasteiger partial charge >= 0.3 is 0 Å². The second kappa shape index (κ2) is 9.68. The first-order valence-corrected chi connectivity index (χ1v) is 12.0. The number of rotatable bonds is 8. The fourth-order valence-corrected chi connectivity index (χ4v) is 4.82. The molecular formula is C24H31F2N7O3. The van der Waals surface area contributed by atoms with Gasteiger partial charge in [0, 0.05) is 51.3 Å². The lowest BCUT2D eigenvalue weighted by atomic mass is 9.99. The first-order chi connectivity index (χ1) is 17.3. The average molecular weight is 504 g/mol. The number of halogens is 2. The van der Waals surface area contributed by atoms with Crippen LogP contribution in [0, 0.1) is 0 Å². The van der Waals surface area contributed by atoms with Crippen LogP contribution in [0.5, 0.6) is 5.75 Å². The highest BCUT2D eigenvalue weighted by Gasteiger charge is 2.36. The molecule has 1 fully saturated rings. The van der Waals surface area contributed by atoms with Crippen LogP contribution in [0.1, 0.15) is 24.3 Å². The lowest BCUT2D eigenvalue weighted by Crippen LogP contribution is -2.48. The molecule has 12 heteroatoms. The second-order valence-corrected chi connectivity index (χ2v) is 9.55. The van der Waals surface area contributed by atoms with E-state index in [2.05, 4.69) is 25.6 Å². The number of piperazine rings is 1. The van der Waals surface area contributed by atoms with Gasteiger partial charge in [0.15, 0.2) is 11.9 Å². The van der Waals surface area contributed by atoms with Crippen LogP contribution in [0.15, 0.2) is 30.7 Å². The molecule has 0 aliphatic carbocycles. The summed E-state index contributed by atoms with van der Waals surface area (Å²) in [5.41, 5.74) is 3.51. The average Bonchev–Trinajstić information content (AvgIpc) is 3.43. The normalized spacial score (nSPS) is 21.0. The van der Waals surface area contributed by atoms with Gasteiger partial charge in [-0.25, -0.2) is 18.3 Å². The van der Waals surface area contributed by atoms with E-state index in [1.807, 2.05) is 19.1 Å². The predicted octanol–water partition coefficient (Wildman–Crippen LogP) is 1.95. The number of anilines is 3. The van der Waals surface area contributed by atoms with Gasteiger partial charge in [-0.3, -0.25) is 4.90 Å². The molecule has 1 unspecified atom stereocenters. The summed E-state index contributed by atoms with van der Waals surface area (Å²) >= 11 is 0.